The molecule has 6 nitrogen and oxygen atoms in total. The van der Waals surface area contributed by atoms with Crippen molar-refractivity contribution in [1.29, 1.82) is 0 Å². The Morgan fingerprint density at radius 3 is 2.69 bits per heavy atom. The Labute approximate surface area is 94.3 Å². The van der Waals surface area contributed by atoms with E-state index >= 15 is 0 Å². The van der Waals surface area contributed by atoms with Crippen LogP contribution < -0.4 is 10.6 Å². The number of aliphatic hydroxyl groups excluding tert-OH is 1. The Morgan fingerprint density at radius 1 is 1.31 bits per heavy atom. The highest BCUT2D eigenvalue weighted by Crippen LogP contribution is 2.10. The summed E-state index contributed by atoms with van der Waals surface area (Å²) in [6.07, 6.45) is 2.41. The lowest BCUT2D eigenvalue weighted by molar-refractivity contribution is -0.139. The molecule has 0 saturated carbocycles. The Kier molecular flexibility index (Phi) is 5.81. The smallest absolute Gasteiger partial charge is 0.309 e. The molecule has 0 aromatic carbocycles. The molecule has 1 heterocycles. The molecule has 1 unspecified atom stereocenters. The lowest BCUT2D eigenvalue weighted by Crippen LogP contribution is -2.43. The van der Waals surface area contributed by atoms with Gasteiger partial charge in [-0.2, -0.15) is 0 Å². The summed E-state index contributed by atoms with van der Waals surface area (Å²) >= 11 is 0. The molecular formula is C10H18N2O4. The monoisotopic (exact) mass is 230 g/mol. The van der Waals surface area contributed by atoms with Crippen LogP contribution in [0.1, 0.15) is 19.3 Å². The van der Waals surface area contributed by atoms with Gasteiger partial charge in [0.2, 0.25) is 0 Å². The maximum absolute atomic E-state index is 11.3. The fraction of sp³-hybridized carbons (Fsp3) is 0.800. The topological polar surface area (TPSA) is 87.7 Å². The molecule has 0 spiro atoms. The second-order valence-corrected chi connectivity index (χ2v) is 3.68. The third-order valence-electron chi connectivity index (χ3n) is 2.34. The summed E-state index contributed by atoms with van der Waals surface area (Å²) in [5.74, 6) is -1.31. The van der Waals surface area contributed by atoms with Crippen molar-refractivity contribution in [1.82, 2.24) is 10.6 Å². The van der Waals surface area contributed by atoms with E-state index in [9.17, 15) is 9.59 Å². The average molecular weight is 230 g/mol. The molecule has 2 amide bonds. The van der Waals surface area contributed by atoms with E-state index in [1.807, 2.05) is 0 Å². The van der Waals surface area contributed by atoms with Crippen LogP contribution in [0.25, 0.3) is 0 Å². The molecule has 0 radical (unpaired) electrons. The molecule has 0 aromatic heterocycles. The summed E-state index contributed by atoms with van der Waals surface area (Å²) in [6, 6.07) is 0. The number of carbonyl (C=O) groups is 2. The molecule has 1 aliphatic heterocycles. The fourth-order valence-electron chi connectivity index (χ4n) is 1.45. The zero-order valence-electron chi connectivity index (χ0n) is 9.20. The first-order valence-electron chi connectivity index (χ1n) is 5.52. The first kappa shape index (κ1) is 12.9. The number of carbonyl (C=O) groups excluding carboxylic acids is 2. The van der Waals surface area contributed by atoms with Crippen LogP contribution in [-0.4, -0.2) is 49.3 Å². The molecule has 92 valence electrons. The second-order valence-electron chi connectivity index (χ2n) is 3.68. The normalized spacial score (nSPS) is 19.4. The lowest BCUT2D eigenvalue weighted by atomic mass is 10.2. The Bertz CT molecular complexity index is 239. The minimum atomic E-state index is -0.661. The van der Waals surface area contributed by atoms with Crippen molar-refractivity contribution in [2.24, 2.45) is 0 Å². The van der Waals surface area contributed by atoms with Crippen molar-refractivity contribution in [2.45, 2.75) is 25.4 Å². The number of hydrogen-bond donors (Lipinski definition) is 3. The van der Waals surface area contributed by atoms with E-state index in [-0.39, 0.29) is 12.7 Å². The summed E-state index contributed by atoms with van der Waals surface area (Å²) in [5, 5.41) is 13.4. The summed E-state index contributed by atoms with van der Waals surface area (Å²) in [4.78, 5) is 22.4. The van der Waals surface area contributed by atoms with Gasteiger partial charge < -0.3 is 20.5 Å². The van der Waals surface area contributed by atoms with Crippen LogP contribution >= 0.6 is 0 Å². The van der Waals surface area contributed by atoms with Gasteiger partial charge in [-0.15, -0.1) is 0 Å². The van der Waals surface area contributed by atoms with Gasteiger partial charge in [0.05, 0.1) is 6.10 Å². The molecular weight excluding hydrogens is 212 g/mol. The van der Waals surface area contributed by atoms with Crippen LogP contribution in [0.4, 0.5) is 0 Å². The Balaban J connectivity index is 2.10. The van der Waals surface area contributed by atoms with Crippen molar-refractivity contribution in [3.8, 4) is 0 Å². The lowest BCUT2D eigenvalue weighted by Gasteiger charge is -2.10. The van der Waals surface area contributed by atoms with Gasteiger partial charge in [0.25, 0.3) is 0 Å². The maximum atomic E-state index is 11.3. The molecule has 1 atom stereocenters. The van der Waals surface area contributed by atoms with Crippen molar-refractivity contribution in [3.63, 3.8) is 0 Å². The number of ether oxygens (including phenoxy) is 1. The van der Waals surface area contributed by atoms with Crippen molar-refractivity contribution < 1.29 is 19.4 Å². The Hall–Kier alpha value is -1.14. The van der Waals surface area contributed by atoms with Gasteiger partial charge in [-0.05, 0) is 19.3 Å². The van der Waals surface area contributed by atoms with Crippen LogP contribution in [0.5, 0.6) is 0 Å². The standard InChI is InChI=1S/C10H18N2O4/c13-5-2-4-11-9(14)10(15)12-7-8-3-1-6-16-8/h8,13H,1-7H2,(H,11,14)(H,12,15). The van der Waals surface area contributed by atoms with Crippen LogP contribution in [0.2, 0.25) is 0 Å². The highest BCUT2D eigenvalue weighted by Gasteiger charge is 2.18. The molecule has 0 bridgehead atoms. The predicted octanol–water partition coefficient (Wildman–Crippen LogP) is -1.22. The number of amides is 2. The highest BCUT2D eigenvalue weighted by atomic mass is 16.5. The molecule has 1 saturated heterocycles. The second kappa shape index (κ2) is 7.19. The van der Waals surface area contributed by atoms with Gasteiger partial charge in [-0.3, -0.25) is 9.59 Å². The molecule has 1 aliphatic rings. The van der Waals surface area contributed by atoms with Gasteiger partial charge in [-0.25, -0.2) is 0 Å². The zero-order chi connectivity index (χ0) is 11.8. The van der Waals surface area contributed by atoms with Crippen LogP contribution in [0, 0.1) is 0 Å². The highest BCUT2D eigenvalue weighted by molar-refractivity contribution is 6.35. The molecule has 1 fully saturated rings. The molecule has 16 heavy (non-hydrogen) atoms. The Morgan fingerprint density at radius 2 is 2.06 bits per heavy atom. The zero-order valence-corrected chi connectivity index (χ0v) is 9.20. The van der Waals surface area contributed by atoms with E-state index in [4.69, 9.17) is 9.84 Å². The predicted molar refractivity (Wildman–Crippen MR) is 56.7 cm³/mol. The van der Waals surface area contributed by atoms with Gasteiger partial charge in [0, 0.05) is 26.3 Å². The first-order valence-corrected chi connectivity index (χ1v) is 5.52. The van der Waals surface area contributed by atoms with Gasteiger partial charge in [0.15, 0.2) is 0 Å². The number of rotatable bonds is 5. The largest absolute Gasteiger partial charge is 0.396 e. The van der Waals surface area contributed by atoms with Crippen molar-refractivity contribution in [3.05, 3.63) is 0 Å². The quantitative estimate of drug-likeness (QED) is 0.408. The van der Waals surface area contributed by atoms with E-state index in [0.717, 1.165) is 19.4 Å². The number of aliphatic hydroxyl groups is 1. The first-order chi connectivity index (χ1) is 7.74. The molecule has 3 N–H and O–H groups in total. The van der Waals surface area contributed by atoms with E-state index < -0.39 is 11.8 Å². The third-order valence-corrected chi connectivity index (χ3v) is 2.34. The van der Waals surface area contributed by atoms with E-state index in [1.54, 1.807) is 0 Å². The summed E-state index contributed by atoms with van der Waals surface area (Å²) in [5.41, 5.74) is 0. The van der Waals surface area contributed by atoms with Crippen LogP contribution in [0.3, 0.4) is 0 Å². The van der Waals surface area contributed by atoms with Crippen LogP contribution in [0.15, 0.2) is 0 Å². The van der Waals surface area contributed by atoms with E-state index in [0.29, 0.717) is 19.5 Å². The van der Waals surface area contributed by atoms with Crippen LogP contribution in [-0.2, 0) is 14.3 Å². The maximum Gasteiger partial charge on any atom is 0.309 e. The molecule has 0 aromatic rings. The SMILES string of the molecule is O=C(NCCCO)C(=O)NCC1CCCO1. The van der Waals surface area contributed by atoms with Gasteiger partial charge in [-0.1, -0.05) is 0 Å². The molecule has 6 heteroatoms. The van der Waals surface area contributed by atoms with Crippen molar-refractivity contribution in [2.75, 3.05) is 26.3 Å². The third kappa shape index (κ3) is 4.59. The van der Waals surface area contributed by atoms with E-state index in [2.05, 4.69) is 10.6 Å². The minimum Gasteiger partial charge on any atom is -0.396 e. The molecule has 1 rings (SSSR count). The average Bonchev–Trinajstić information content (AvgIpc) is 2.79. The molecule has 0 aliphatic carbocycles. The number of nitrogens with one attached hydrogen (secondary N) is 2. The fourth-order valence-corrected chi connectivity index (χ4v) is 1.45. The summed E-state index contributed by atoms with van der Waals surface area (Å²) in [7, 11) is 0. The van der Waals surface area contributed by atoms with Crippen molar-refractivity contribution >= 4 is 11.8 Å². The summed E-state index contributed by atoms with van der Waals surface area (Å²) in [6.45, 7) is 1.41. The van der Waals surface area contributed by atoms with Gasteiger partial charge >= 0.3 is 11.8 Å². The summed E-state index contributed by atoms with van der Waals surface area (Å²) < 4.78 is 5.30. The van der Waals surface area contributed by atoms with E-state index in [1.165, 1.54) is 0 Å². The minimum absolute atomic E-state index is 0.00217. The number of hydrogen-bond acceptors (Lipinski definition) is 4. The van der Waals surface area contributed by atoms with Gasteiger partial charge in [0.1, 0.15) is 0 Å².